The second kappa shape index (κ2) is 5.24. The summed E-state index contributed by atoms with van der Waals surface area (Å²) in [7, 11) is 0. The zero-order valence-electron chi connectivity index (χ0n) is 9.84. The zero-order valence-corrected chi connectivity index (χ0v) is 9.84. The number of hydrogen-bond donors (Lipinski definition) is 3. The van der Waals surface area contributed by atoms with Crippen LogP contribution in [0.3, 0.4) is 0 Å². The van der Waals surface area contributed by atoms with Gasteiger partial charge in [0.15, 0.2) is 0 Å². The van der Waals surface area contributed by atoms with Crippen LogP contribution in [0, 0.1) is 6.92 Å². The third-order valence-electron chi connectivity index (χ3n) is 2.43. The van der Waals surface area contributed by atoms with Gasteiger partial charge in [-0.2, -0.15) is 0 Å². The van der Waals surface area contributed by atoms with E-state index in [-0.39, 0.29) is 5.91 Å². The van der Waals surface area contributed by atoms with E-state index in [1.54, 1.807) is 30.5 Å². The van der Waals surface area contributed by atoms with Crippen molar-refractivity contribution in [2.24, 2.45) is 5.84 Å². The third kappa shape index (κ3) is 2.61. The molecule has 0 aliphatic rings. The fourth-order valence-corrected chi connectivity index (χ4v) is 1.42. The van der Waals surface area contributed by atoms with Crippen molar-refractivity contribution in [3.8, 4) is 0 Å². The molecule has 6 heteroatoms. The first-order valence-electron chi connectivity index (χ1n) is 5.36. The SMILES string of the molecule is Cc1ncccc1NC(=O)c1ccc(NN)nc1. The van der Waals surface area contributed by atoms with Crippen molar-refractivity contribution in [3.05, 3.63) is 47.9 Å². The first kappa shape index (κ1) is 12.0. The van der Waals surface area contributed by atoms with Crippen LogP contribution in [0.15, 0.2) is 36.7 Å². The van der Waals surface area contributed by atoms with Gasteiger partial charge in [0.05, 0.1) is 16.9 Å². The van der Waals surface area contributed by atoms with Crippen molar-refractivity contribution in [2.75, 3.05) is 10.7 Å². The number of nitrogens with one attached hydrogen (secondary N) is 2. The van der Waals surface area contributed by atoms with E-state index in [9.17, 15) is 4.79 Å². The number of nitrogens with zero attached hydrogens (tertiary/aromatic N) is 2. The Hall–Kier alpha value is -2.47. The summed E-state index contributed by atoms with van der Waals surface area (Å²) < 4.78 is 0. The molecule has 2 aromatic rings. The van der Waals surface area contributed by atoms with Crippen LogP contribution in [0.4, 0.5) is 11.5 Å². The van der Waals surface area contributed by atoms with Gasteiger partial charge in [0.1, 0.15) is 5.82 Å². The van der Waals surface area contributed by atoms with E-state index >= 15 is 0 Å². The first-order chi connectivity index (χ1) is 8.70. The maximum atomic E-state index is 11.9. The molecule has 18 heavy (non-hydrogen) atoms. The molecule has 0 aromatic carbocycles. The zero-order chi connectivity index (χ0) is 13.0. The second-order valence-corrected chi connectivity index (χ2v) is 3.67. The monoisotopic (exact) mass is 243 g/mol. The summed E-state index contributed by atoms with van der Waals surface area (Å²) in [5, 5.41) is 2.77. The first-order valence-corrected chi connectivity index (χ1v) is 5.36. The average molecular weight is 243 g/mol. The van der Waals surface area contributed by atoms with Gasteiger partial charge in [0, 0.05) is 12.4 Å². The van der Waals surface area contributed by atoms with Gasteiger partial charge in [0.2, 0.25) is 0 Å². The highest BCUT2D eigenvalue weighted by atomic mass is 16.1. The van der Waals surface area contributed by atoms with Gasteiger partial charge in [-0.15, -0.1) is 0 Å². The lowest BCUT2D eigenvalue weighted by Gasteiger charge is -2.07. The van der Waals surface area contributed by atoms with Gasteiger partial charge in [0.25, 0.3) is 5.91 Å². The summed E-state index contributed by atoms with van der Waals surface area (Å²) in [5.41, 5.74) is 4.30. The molecule has 0 unspecified atom stereocenters. The molecular formula is C12H13N5O. The summed E-state index contributed by atoms with van der Waals surface area (Å²) in [6, 6.07) is 6.83. The molecule has 4 N–H and O–H groups in total. The number of hydrazine groups is 1. The van der Waals surface area contributed by atoms with Crippen molar-refractivity contribution in [3.63, 3.8) is 0 Å². The fraction of sp³-hybridized carbons (Fsp3) is 0.0833. The van der Waals surface area contributed by atoms with Gasteiger partial charge < -0.3 is 10.7 Å². The van der Waals surface area contributed by atoms with Gasteiger partial charge in [-0.25, -0.2) is 10.8 Å². The van der Waals surface area contributed by atoms with E-state index in [2.05, 4.69) is 20.7 Å². The number of aryl methyl sites for hydroxylation is 1. The van der Waals surface area contributed by atoms with Crippen molar-refractivity contribution < 1.29 is 4.79 Å². The number of hydrogen-bond acceptors (Lipinski definition) is 5. The van der Waals surface area contributed by atoms with Crippen LogP contribution in [0.1, 0.15) is 16.1 Å². The molecule has 2 rings (SSSR count). The Morgan fingerprint density at radius 2 is 2.11 bits per heavy atom. The van der Waals surface area contributed by atoms with Crippen LogP contribution in [-0.4, -0.2) is 15.9 Å². The van der Waals surface area contributed by atoms with Gasteiger partial charge >= 0.3 is 0 Å². The normalized spacial score (nSPS) is 9.89. The number of anilines is 2. The number of carbonyl (C=O) groups excluding carboxylic acids is 1. The van der Waals surface area contributed by atoms with Gasteiger partial charge in [-0.3, -0.25) is 9.78 Å². The summed E-state index contributed by atoms with van der Waals surface area (Å²) >= 11 is 0. The Bertz CT molecular complexity index is 553. The Morgan fingerprint density at radius 3 is 2.72 bits per heavy atom. The number of carbonyl (C=O) groups is 1. The molecule has 0 saturated heterocycles. The highest BCUT2D eigenvalue weighted by molar-refractivity contribution is 6.04. The molecular weight excluding hydrogens is 230 g/mol. The van der Waals surface area contributed by atoms with Crippen LogP contribution in [0.25, 0.3) is 0 Å². The quantitative estimate of drug-likeness (QED) is 0.558. The topological polar surface area (TPSA) is 92.9 Å². The lowest BCUT2D eigenvalue weighted by molar-refractivity contribution is 0.102. The minimum absolute atomic E-state index is 0.234. The summed E-state index contributed by atoms with van der Waals surface area (Å²) in [6.07, 6.45) is 3.13. The standard InChI is InChI=1S/C12H13N5O/c1-8-10(3-2-6-14-8)16-12(18)9-4-5-11(17-13)15-7-9/h2-7H,13H2,1H3,(H,15,17)(H,16,18). The maximum absolute atomic E-state index is 11.9. The van der Waals surface area contributed by atoms with Crippen molar-refractivity contribution in [2.45, 2.75) is 6.92 Å². The second-order valence-electron chi connectivity index (χ2n) is 3.67. The van der Waals surface area contributed by atoms with Gasteiger partial charge in [-0.1, -0.05) is 0 Å². The van der Waals surface area contributed by atoms with E-state index in [0.29, 0.717) is 17.1 Å². The van der Waals surface area contributed by atoms with Gasteiger partial charge in [-0.05, 0) is 31.2 Å². The molecule has 1 amide bonds. The molecule has 0 bridgehead atoms. The van der Waals surface area contributed by atoms with E-state index < -0.39 is 0 Å². The molecule has 0 spiro atoms. The number of rotatable bonds is 3. The lowest BCUT2D eigenvalue weighted by atomic mass is 10.2. The van der Waals surface area contributed by atoms with E-state index in [0.717, 1.165) is 5.69 Å². The van der Waals surface area contributed by atoms with E-state index in [1.807, 2.05) is 6.92 Å². The van der Waals surface area contributed by atoms with Crippen molar-refractivity contribution in [1.82, 2.24) is 9.97 Å². The Morgan fingerprint density at radius 1 is 1.28 bits per heavy atom. The minimum atomic E-state index is -0.234. The summed E-state index contributed by atoms with van der Waals surface area (Å²) in [6.45, 7) is 1.83. The molecule has 2 heterocycles. The van der Waals surface area contributed by atoms with Crippen LogP contribution in [-0.2, 0) is 0 Å². The molecule has 0 fully saturated rings. The largest absolute Gasteiger partial charge is 0.320 e. The summed E-state index contributed by atoms with van der Waals surface area (Å²) in [5.74, 6) is 5.47. The van der Waals surface area contributed by atoms with Crippen LogP contribution < -0.4 is 16.6 Å². The number of nitrogens with two attached hydrogens (primary N) is 1. The van der Waals surface area contributed by atoms with Crippen LogP contribution in [0.2, 0.25) is 0 Å². The van der Waals surface area contributed by atoms with Crippen molar-refractivity contribution in [1.29, 1.82) is 0 Å². The smallest absolute Gasteiger partial charge is 0.257 e. The Kier molecular flexibility index (Phi) is 3.49. The Balaban J connectivity index is 2.14. The molecule has 0 aliphatic heterocycles. The number of aromatic nitrogens is 2. The molecule has 0 atom stereocenters. The number of amides is 1. The molecule has 0 radical (unpaired) electrons. The highest BCUT2D eigenvalue weighted by Crippen LogP contribution is 2.12. The molecule has 6 nitrogen and oxygen atoms in total. The average Bonchev–Trinajstić information content (AvgIpc) is 2.41. The van der Waals surface area contributed by atoms with Crippen LogP contribution >= 0.6 is 0 Å². The van der Waals surface area contributed by atoms with Crippen molar-refractivity contribution >= 4 is 17.4 Å². The molecule has 0 aliphatic carbocycles. The fourth-order valence-electron chi connectivity index (χ4n) is 1.42. The highest BCUT2D eigenvalue weighted by Gasteiger charge is 2.08. The van der Waals surface area contributed by atoms with Crippen LogP contribution in [0.5, 0.6) is 0 Å². The minimum Gasteiger partial charge on any atom is -0.320 e. The maximum Gasteiger partial charge on any atom is 0.257 e. The lowest BCUT2D eigenvalue weighted by Crippen LogP contribution is -2.14. The molecule has 92 valence electrons. The predicted octanol–water partition coefficient (Wildman–Crippen LogP) is 1.32. The summed E-state index contributed by atoms with van der Waals surface area (Å²) in [4.78, 5) is 20.0. The third-order valence-corrected chi connectivity index (χ3v) is 2.43. The molecule has 2 aromatic heterocycles. The molecule has 0 saturated carbocycles. The predicted molar refractivity (Wildman–Crippen MR) is 69.0 cm³/mol. The van der Waals surface area contributed by atoms with E-state index in [1.165, 1.54) is 6.20 Å². The Labute approximate surface area is 104 Å². The number of nitrogen functional groups attached to an aromatic ring is 1. The van der Waals surface area contributed by atoms with E-state index in [4.69, 9.17) is 5.84 Å². The number of pyridine rings is 2.